The predicted octanol–water partition coefficient (Wildman–Crippen LogP) is 2.28. The Morgan fingerprint density at radius 2 is 2.17 bits per heavy atom. The highest BCUT2D eigenvalue weighted by atomic mass is 32.1. The van der Waals surface area contributed by atoms with Crippen LogP contribution < -0.4 is 10.6 Å². The van der Waals surface area contributed by atoms with Crippen LogP contribution in [0.5, 0.6) is 0 Å². The summed E-state index contributed by atoms with van der Waals surface area (Å²) in [6.45, 7) is 4.38. The number of thiazole rings is 1. The van der Waals surface area contributed by atoms with Crippen LogP contribution in [0.1, 0.15) is 42.3 Å². The second-order valence-electron chi connectivity index (χ2n) is 4.39. The number of ether oxygens (including phenoxy) is 1. The Morgan fingerprint density at radius 1 is 1.44 bits per heavy atom. The van der Waals surface area contributed by atoms with E-state index in [2.05, 4.69) is 9.88 Å². The van der Waals surface area contributed by atoms with Gasteiger partial charge in [-0.1, -0.05) is 18.3 Å². The molecule has 18 heavy (non-hydrogen) atoms. The smallest absolute Gasteiger partial charge is 0.352 e. The van der Waals surface area contributed by atoms with Gasteiger partial charge < -0.3 is 15.4 Å². The number of rotatable bonds is 4. The molecule has 100 valence electrons. The Morgan fingerprint density at radius 3 is 2.83 bits per heavy atom. The summed E-state index contributed by atoms with van der Waals surface area (Å²) >= 11 is 1.34. The Kier molecular flexibility index (Phi) is 4.41. The number of carbonyl (C=O) groups is 1. The van der Waals surface area contributed by atoms with Crippen LogP contribution in [0.4, 0.5) is 10.9 Å². The van der Waals surface area contributed by atoms with Gasteiger partial charge in [-0.2, -0.15) is 0 Å². The van der Waals surface area contributed by atoms with Gasteiger partial charge in [0.1, 0.15) is 0 Å². The van der Waals surface area contributed by atoms with E-state index in [9.17, 15) is 4.79 Å². The zero-order valence-electron chi connectivity index (χ0n) is 10.6. The molecule has 2 N–H and O–H groups in total. The van der Waals surface area contributed by atoms with E-state index in [1.54, 1.807) is 0 Å². The lowest BCUT2D eigenvalue weighted by Crippen LogP contribution is -2.29. The van der Waals surface area contributed by atoms with Crippen molar-refractivity contribution in [3.05, 3.63) is 4.88 Å². The molecule has 0 amide bonds. The third-order valence-electron chi connectivity index (χ3n) is 2.89. The highest BCUT2D eigenvalue weighted by Gasteiger charge is 2.21. The van der Waals surface area contributed by atoms with E-state index in [1.807, 2.05) is 6.92 Å². The minimum Gasteiger partial charge on any atom is -0.461 e. The van der Waals surface area contributed by atoms with Crippen molar-refractivity contribution in [1.82, 2.24) is 4.98 Å². The van der Waals surface area contributed by atoms with E-state index >= 15 is 0 Å². The summed E-state index contributed by atoms with van der Waals surface area (Å²) in [5, 5.41) is 0.843. The summed E-state index contributed by atoms with van der Waals surface area (Å²) < 4.78 is 5.09. The molecular formula is C12H19N3O2S. The minimum absolute atomic E-state index is 0.293. The van der Waals surface area contributed by atoms with Crippen molar-refractivity contribution >= 4 is 28.3 Å². The van der Waals surface area contributed by atoms with Crippen LogP contribution in [0.2, 0.25) is 0 Å². The lowest BCUT2D eigenvalue weighted by atomic mass is 10.1. The molecule has 0 aliphatic carbocycles. The molecule has 0 spiro atoms. The molecule has 1 aromatic heterocycles. The monoisotopic (exact) mass is 269 g/mol. The molecule has 2 rings (SSSR count). The van der Waals surface area contributed by atoms with E-state index in [-0.39, 0.29) is 5.97 Å². The molecule has 0 aromatic carbocycles. The number of esters is 1. The van der Waals surface area contributed by atoms with Crippen LogP contribution in [0, 0.1) is 0 Å². The van der Waals surface area contributed by atoms with Crippen molar-refractivity contribution in [2.75, 3.05) is 30.3 Å². The molecule has 6 heteroatoms. The zero-order valence-corrected chi connectivity index (χ0v) is 11.5. The molecular weight excluding hydrogens is 250 g/mol. The minimum atomic E-state index is -0.352. The molecule has 0 atom stereocenters. The van der Waals surface area contributed by atoms with E-state index in [1.165, 1.54) is 30.6 Å². The zero-order chi connectivity index (χ0) is 13.0. The molecule has 5 nitrogen and oxygen atoms in total. The Hall–Kier alpha value is -1.30. The standard InChI is InChI=1S/C12H19N3O2S/c1-2-8-17-11(16)9-10(13)14-12(18-9)15-6-4-3-5-7-15/h2-8,13H2,1H3. The normalized spacial score (nSPS) is 15.7. The van der Waals surface area contributed by atoms with Crippen LogP contribution in [-0.4, -0.2) is 30.6 Å². The number of nitrogen functional groups attached to an aromatic ring is 1. The number of hydrogen-bond donors (Lipinski definition) is 1. The van der Waals surface area contributed by atoms with Gasteiger partial charge in [0.2, 0.25) is 0 Å². The SMILES string of the molecule is CCCOC(=O)c1sc(N2CCCCC2)nc1N. The van der Waals surface area contributed by atoms with E-state index in [0.29, 0.717) is 17.3 Å². The molecule has 1 aromatic rings. The van der Waals surface area contributed by atoms with Crippen LogP contribution in [0.25, 0.3) is 0 Å². The number of nitrogens with zero attached hydrogens (tertiary/aromatic N) is 2. The van der Waals surface area contributed by atoms with Gasteiger partial charge in [-0.05, 0) is 25.7 Å². The Balaban J connectivity index is 2.08. The van der Waals surface area contributed by atoms with Gasteiger partial charge in [-0.15, -0.1) is 0 Å². The maximum Gasteiger partial charge on any atom is 0.352 e. The molecule has 1 aliphatic rings. The summed E-state index contributed by atoms with van der Waals surface area (Å²) in [5.74, 6) is -0.0585. The van der Waals surface area contributed by atoms with Crippen molar-refractivity contribution in [3.8, 4) is 0 Å². The number of aromatic nitrogens is 1. The third-order valence-corrected chi connectivity index (χ3v) is 4.00. The lowest BCUT2D eigenvalue weighted by Gasteiger charge is -2.25. The number of hydrogen-bond acceptors (Lipinski definition) is 6. The van der Waals surface area contributed by atoms with E-state index < -0.39 is 0 Å². The number of nitrogens with two attached hydrogens (primary N) is 1. The topological polar surface area (TPSA) is 68.5 Å². The van der Waals surface area contributed by atoms with Crippen LogP contribution in [0.15, 0.2) is 0 Å². The highest BCUT2D eigenvalue weighted by molar-refractivity contribution is 7.18. The fraction of sp³-hybridized carbons (Fsp3) is 0.667. The predicted molar refractivity (Wildman–Crippen MR) is 73.2 cm³/mol. The summed E-state index contributed by atoms with van der Waals surface area (Å²) in [7, 11) is 0. The quantitative estimate of drug-likeness (QED) is 0.849. The molecule has 0 bridgehead atoms. The van der Waals surface area contributed by atoms with Gasteiger partial charge in [0.05, 0.1) is 6.61 Å². The highest BCUT2D eigenvalue weighted by Crippen LogP contribution is 2.30. The van der Waals surface area contributed by atoms with Gasteiger partial charge in [-0.3, -0.25) is 0 Å². The van der Waals surface area contributed by atoms with Gasteiger partial charge in [0.25, 0.3) is 0 Å². The summed E-state index contributed by atoms with van der Waals surface area (Å²) in [6, 6.07) is 0. The van der Waals surface area contributed by atoms with Gasteiger partial charge >= 0.3 is 5.97 Å². The van der Waals surface area contributed by atoms with E-state index in [4.69, 9.17) is 10.5 Å². The first kappa shape index (κ1) is 13.1. The van der Waals surface area contributed by atoms with Crippen molar-refractivity contribution in [3.63, 3.8) is 0 Å². The third kappa shape index (κ3) is 2.93. The molecule has 0 unspecified atom stereocenters. The Labute approximate surface area is 111 Å². The van der Waals surface area contributed by atoms with Gasteiger partial charge in [-0.25, -0.2) is 9.78 Å². The van der Waals surface area contributed by atoms with Gasteiger partial charge in [0, 0.05) is 13.1 Å². The summed E-state index contributed by atoms with van der Waals surface area (Å²) in [4.78, 5) is 18.7. The molecule has 1 saturated heterocycles. The maximum absolute atomic E-state index is 11.8. The number of anilines is 2. The average Bonchev–Trinajstić information content (AvgIpc) is 2.79. The lowest BCUT2D eigenvalue weighted by molar-refractivity contribution is 0.0512. The van der Waals surface area contributed by atoms with Crippen molar-refractivity contribution < 1.29 is 9.53 Å². The summed E-state index contributed by atoms with van der Waals surface area (Å²) in [5.41, 5.74) is 5.79. The largest absolute Gasteiger partial charge is 0.461 e. The number of carbonyl (C=O) groups excluding carboxylic acids is 1. The molecule has 0 saturated carbocycles. The molecule has 1 aliphatic heterocycles. The first-order valence-electron chi connectivity index (χ1n) is 6.40. The fourth-order valence-corrected chi connectivity index (χ4v) is 2.88. The van der Waals surface area contributed by atoms with Crippen LogP contribution in [-0.2, 0) is 4.74 Å². The number of piperidine rings is 1. The molecule has 2 heterocycles. The molecule has 0 radical (unpaired) electrons. The molecule has 1 fully saturated rings. The maximum atomic E-state index is 11.8. The van der Waals surface area contributed by atoms with Crippen LogP contribution >= 0.6 is 11.3 Å². The van der Waals surface area contributed by atoms with Crippen molar-refractivity contribution in [1.29, 1.82) is 0 Å². The average molecular weight is 269 g/mol. The second kappa shape index (κ2) is 6.04. The Bertz CT molecular complexity index is 413. The van der Waals surface area contributed by atoms with Crippen molar-refractivity contribution in [2.24, 2.45) is 0 Å². The second-order valence-corrected chi connectivity index (χ2v) is 5.37. The summed E-state index contributed by atoms with van der Waals surface area (Å²) in [6.07, 6.45) is 4.43. The van der Waals surface area contributed by atoms with Crippen LogP contribution in [0.3, 0.4) is 0 Å². The fourth-order valence-electron chi connectivity index (χ4n) is 1.95. The first-order valence-corrected chi connectivity index (χ1v) is 7.22. The van der Waals surface area contributed by atoms with Crippen molar-refractivity contribution in [2.45, 2.75) is 32.6 Å². The van der Waals surface area contributed by atoms with Gasteiger partial charge in [0.15, 0.2) is 15.8 Å². The van der Waals surface area contributed by atoms with E-state index in [0.717, 1.165) is 24.6 Å². The first-order chi connectivity index (χ1) is 8.72.